The van der Waals surface area contributed by atoms with Gasteiger partial charge in [-0.05, 0) is 37.6 Å². The lowest BCUT2D eigenvalue weighted by molar-refractivity contribution is -0.122. The summed E-state index contributed by atoms with van der Waals surface area (Å²) in [5.74, 6) is -0.584. The van der Waals surface area contributed by atoms with Crippen LogP contribution in [0.25, 0.3) is 0 Å². The van der Waals surface area contributed by atoms with Gasteiger partial charge < -0.3 is 10.2 Å². The van der Waals surface area contributed by atoms with Crippen molar-refractivity contribution in [2.24, 2.45) is 5.92 Å². The second kappa shape index (κ2) is 6.65. The molecule has 0 spiro atoms. The second-order valence-electron chi connectivity index (χ2n) is 6.16. The van der Waals surface area contributed by atoms with E-state index in [9.17, 15) is 9.59 Å². The molecule has 0 aromatic heterocycles. The molecule has 1 N–H and O–H groups in total. The van der Waals surface area contributed by atoms with Crippen LogP contribution in [-0.2, 0) is 9.59 Å². The normalized spacial score (nSPS) is 17.2. The number of hydrogen-bond donors (Lipinski definition) is 1. The summed E-state index contributed by atoms with van der Waals surface area (Å²) in [4.78, 5) is 26.5. The molecule has 0 aliphatic carbocycles. The third kappa shape index (κ3) is 3.29. The van der Waals surface area contributed by atoms with Crippen LogP contribution in [0.3, 0.4) is 0 Å². The largest absolute Gasteiger partial charge is 0.324 e. The Morgan fingerprint density at radius 2 is 1.96 bits per heavy atom. The molecular formula is C19H19ClN2O2. The van der Waals surface area contributed by atoms with Gasteiger partial charge in [-0.3, -0.25) is 9.59 Å². The van der Waals surface area contributed by atoms with E-state index in [2.05, 4.69) is 5.32 Å². The quantitative estimate of drug-likeness (QED) is 0.918. The summed E-state index contributed by atoms with van der Waals surface area (Å²) in [6.07, 6.45) is 0.212. The van der Waals surface area contributed by atoms with E-state index in [1.807, 2.05) is 38.1 Å². The third-order valence-corrected chi connectivity index (χ3v) is 4.60. The molecule has 2 amide bonds. The molecule has 2 aromatic carbocycles. The lowest BCUT2D eigenvalue weighted by Gasteiger charge is -2.19. The Bertz CT molecular complexity index is 804. The van der Waals surface area contributed by atoms with Gasteiger partial charge in [0.05, 0.1) is 16.6 Å². The fourth-order valence-corrected chi connectivity index (χ4v) is 3.20. The van der Waals surface area contributed by atoms with Gasteiger partial charge in [0, 0.05) is 18.7 Å². The highest BCUT2D eigenvalue weighted by molar-refractivity contribution is 6.33. The van der Waals surface area contributed by atoms with Crippen LogP contribution in [0, 0.1) is 19.8 Å². The van der Waals surface area contributed by atoms with Gasteiger partial charge in [0.1, 0.15) is 0 Å². The average Bonchev–Trinajstić information content (AvgIpc) is 2.91. The van der Waals surface area contributed by atoms with Gasteiger partial charge in [0.25, 0.3) is 0 Å². The Morgan fingerprint density at radius 3 is 2.67 bits per heavy atom. The van der Waals surface area contributed by atoms with Crippen molar-refractivity contribution in [2.45, 2.75) is 20.3 Å². The molecule has 0 bridgehead atoms. The van der Waals surface area contributed by atoms with E-state index >= 15 is 0 Å². The molecule has 1 saturated heterocycles. The zero-order valence-corrected chi connectivity index (χ0v) is 14.4. The number of carbonyl (C=O) groups is 2. The number of nitrogens with one attached hydrogen (secondary N) is 1. The maximum absolute atomic E-state index is 12.5. The van der Waals surface area contributed by atoms with Gasteiger partial charge in [-0.2, -0.15) is 0 Å². The van der Waals surface area contributed by atoms with Crippen molar-refractivity contribution >= 4 is 34.8 Å². The number of carbonyl (C=O) groups excluding carboxylic acids is 2. The summed E-state index contributed by atoms with van der Waals surface area (Å²) in [5, 5.41) is 3.31. The van der Waals surface area contributed by atoms with Crippen LogP contribution in [-0.4, -0.2) is 18.4 Å². The molecule has 1 heterocycles. The zero-order valence-electron chi connectivity index (χ0n) is 13.7. The summed E-state index contributed by atoms with van der Waals surface area (Å²) in [7, 11) is 0. The van der Waals surface area contributed by atoms with Crippen LogP contribution in [0.4, 0.5) is 11.4 Å². The minimum absolute atomic E-state index is 0.0266. The van der Waals surface area contributed by atoms with E-state index in [-0.39, 0.29) is 24.2 Å². The van der Waals surface area contributed by atoms with Crippen molar-refractivity contribution in [1.29, 1.82) is 0 Å². The van der Waals surface area contributed by atoms with E-state index in [0.29, 0.717) is 17.3 Å². The standard InChI is InChI=1S/C19H19ClN2O2/c1-12-7-8-17(13(2)9-12)22-11-14(10-18(22)23)19(24)21-16-6-4-3-5-15(16)20/h3-9,14H,10-11H2,1-2H3,(H,21,24)/t14-/m0/s1. The fourth-order valence-electron chi connectivity index (χ4n) is 3.02. The first-order chi connectivity index (χ1) is 11.5. The number of benzene rings is 2. The number of rotatable bonds is 3. The van der Waals surface area contributed by atoms with Gasteiger partial charge in [0.2, 0.25) is 11.8 Å². The Morgan fingerprint density at radius 1 is 1.21 bits per heavy atom. The zero-order chi connectivity index (χ0) is 17.3. The van der Waals surface area contributed by atoms with Crippen LogP contribution >= 0.6 is 11.6 Å². The van der Waals surface area contributed by atoms with E-state index in [1.54, 1.807) is 23.1 Å². The predicted octanol–water partition coefficient (Wildman–Crippen LogP) is 3.95. The van der Waals surface area contributed by atoms with Crippen molar-refractivity contribution in [3.8, 4) is 0 Å². The molecule has 1 aliphatic rings. The average molecular weight is 343 g/mol. The Hall–Kier alpha value is -2.33. The van der Waals surface area contributed by atoms with Crippen LogP contribution < -0.4 is 10.2 Å². The first kappa shape index (κ1) is 16.5. The van der Waals surface area contributed by atoms with Gasteiger partial charge >= 0.3 is 0 Å². The number of para-hydroxylation sites is 1. The number of aryl methyl sites for hydroxylation is 2. The van der Waals surface area contributed by atoms with Gasteiger partial charge in [0.15, 0.2) is 0 Å². The number of anilines is 2. The molecule has 1 aliphatic heterocycles. The Kier molecular flexibility index (Phi) is 4.58. The van der Waals surface area contributed by atoms with E-state index in [4.69, 9.17) is 11.6 Å². The van der Waals surface area contributed by atoms with E-state index in [0.717, 1.165) is 16.8 Å². The molecular weight excluding hydrogens is 324 g/mol. The van der Waals surface area contributed by atoms with Crippen LogP contribution in [0.2, 0.25) is 5.02 Å². The van der Waals surface area contributed by atoms with Crippen molar-refractivity contribution in [3.63, 3.8) is 0 Å². The van der Waals surface area contributed by atoms with Gasteiger partial charge in [-0.15, -0.1) is 0 Å². The van der Waals surface area contributed by atoms with E-state index in [1.165, 1.54) is 0 Å². The molecule has 4 nitrogen and oxygen atoms in total. The molecule has 0 radical (unpaired) electrons. The molecule has 3 rings (SSSR count). The maximum Gasteiger partial charge on any atom is 0.229 e. The number of amides is 2. The lowest BCUT2D eigenvalue weighted by Crippen LogP contribution is -2.28. The Balaban J connectivity index is 1.74. The predicted molar refractivity (Wildman–Crippen MR) is 96.5 cm³/mol. The smallest absolute Gasteiger partial charge is 0.229 e. The van der Waals surface area contributed by atoms with Crippen molar-refractivity contribution in [1.82, 2.24) is 0 Å². The van der Waals surface area contributed by atoms with Crippen LogP contribution in [0.1, 0.15) is 17.5 Å². The SMILES string of the molecule is Cc1ccc(N2C[C@@H](C(=O)Nc3ccccc3Cl)CC2=O)c(C)c1. The van der Waals surface area contributed by atoms with E-state index < -0.39 is 0 Å². The highest BCUT2D eigenvalue weighted by Gasteiger charge is 2.35. The highest BCUT2D eigenvalue weighted by Crippen LogP contribution is 2.30. The summed E-state index contributed by atoms with van der Waals surface area (Å²) in [5.41, 5.74) is 3.63. The maximum atomic E-state index is 12.5. The van der Waals surface area contributed by atoms with Crippen molar-refractivity contribution in [3.05, 3.63) is 58.6 Å². The summed E-state index contributed by atoms with van der Waals surface area (Å²) in [6.45, 7) is 4.38. The third-order valence-electron chi connectivity index (χ3n) is 4.27. The monoisotopic (exact) mass is 342 g/mol. The van der Waals surface area contributed by atoms with Crippen molar-refractivity contribution in [2.75, 3.05) is 16.8 Å². The molecule has 2 aromatic rings. The van der Waals surface area contributed by atoms with Crippen LogP contribution in [0.15, 0.2) is 42.5 Å². The fraction of sp³-hybridized carbons (Fsp3) is 0.263. The van der Waals surface area contributed by atoms with Crippen molar-refractivity contribution < 1.29 is 9.59 Å². The van der Waals surface area contributed by atoms with Gasteiger partial charge in [-0.25, -0.2) is 0 Å². The minimum Gasteiger partial charge on any atom is -0.324 e. The summed E-state index contributed by atoms with van der Waals surface area (Å²) in [6, 6.07) is 13.0. The topological polar surface area (TPSA) is 49.4 Å². The number of nitrogens with zero attached hydrogens (tertiary/aromatic N) is 1. The minimum atomic E-state index is -0.380. The molecule has 0 saturated carbocycles. The molecule has 1 atom stereocenters. The lowest BCUT2D eigenvalue weighted by atomic mass is 10.1. The highest BCUT2D eigenvalue weighted by atomic mass is 35.5. The number of halogens is 1. The molecule has 124 valence electrons. The Labute approximate surface area is 146 Å². The summed E-state index contributed by atoms with van der Waals surface area (Å²) < 4.78 is 0. The first-order valence-electron chi connectivity index (χ1n) is 7.88. The van der Waals surface area contributed by atoms with Crippen LogP contribution in [0.5, 0.6) is 0 Å². The van der Waals surface area contributed by atoms with Gasteiger partial charge in [-0.1, -0.05) is 41.4 Å². The number of hydrogen-bond acceptors (Lipinski definition) is 2. The first-order valence-corrected chi connectivity index (χ1v) is 8.26. The summed E-state index contributed by atoms with van der Waals surface area (Å²) >= 11 is 6.07. The molecule has 1 fully saturated rings. The second-order valence-corrected chi connectivity index (χ2v) is 6.57. The molecule has 24 heavy (non-hydrogen) atoms. The molecule has 5 heteroatoms. The molecule has 0 unspecified atom stereocenters.